The molecule has 0 fully saturated rings. The van der Waals surface area contributed by atoms with E-state index < -0.39 is 29.0 Å². The van der Waals surface area contributed by atoms with E-state index in [1.165, 1.54) is 0 Å². The van der Waals surface area contributed by atoms with Crippen LogP contribution in [0.5, 0.6) is 0 Å². The first-order valence-corrected chi connectivity index (χ1v) is 6.03. The van der Waals surface area contributed by atoms with Crippen LogP contribution in [0.15, 0.2) is 18.2 Å². The standard InChI is InChI=1S/C12H12ClF4NO/c1-7(5-6-13)18-11(19)8-3-2-4-9(10(8)14)12(15,16)17/h2-4,7H,5-6H2,1H3,(H,18,19). The fourth-order valence-electron chi connectivity index (χ4n) is 1.46. The van der Waals surface area contributed by atoms with Crippen molar-refractivity contribution in [3.05, 3.63) is 35.1 Å². The summed E-state index contributed by atoms with van der Waals surface area (Å²) in [4.78, 5) is 11.7. The molecule has 0 spiro atoms. The van der Waals surface area contributed by atoms with Crippen LogP contribution in [0.3, 0.4) is 0 Å². The Bertz CT molecular complexity index is 462. The molecule has 1 N–H and O–H groups in total. The highest BCUT2D eigenvalue weighted by Crippen LogP contribution is 2.32. The lowest BCUT2D eigenvalue weighted by Crippen LogP contribution is -2.33. The normalized spacial score (nSPS) is 13.2. The Morgan fingerprint density at radius 1 is 1.42 bits per heavy atom. The van der Waals surface area contributed by atoms with Crippen LogP contribution < -0.4 is 5.32 Å². The number of rotatable bonds is 4. The Hall–Kier alpha value is -1.30. The topological polar surface area (TPSA) is 29.1 Å². The number of carbonyl (C=O) groups is 1. The van der Waals surface area contributed by atoms with Crippen molar-refractivity contribution in [1.29, 1.82) is 0 Å². The number of halogens is 5. The minimum Gasteiger partial charge on any atom is -0.349 e. The summed E-state index contributed by atoms with van der Waals surface area (Å²) in [6.07, 6.45) is -4.39. The monoisotopic (exact) mass is 297 g/mol. The van der Waals surface area contributed by atoms with Crippen LogP contribution in [0.2, 0.25) is 0 Å². The fraction of sp³-hybridized carbons (Fsp3) is 0.417. The molecular formula is C12H12ClF4NO. The minimum atomic E-state index is -4.83. The second-order valence-corrected chi connectivity index (χ2v) is 4.40. The summed E-state index contributed by atoms with van der Waals surface area (Å²) in [5.41, 5.74) is -2.08. The maximum Gasteiger partial charge on any atom is 0.419 e. The predicted octanol–water partition coefficient (Wildman–Crippen LogP) is 3.59. The Balaban J connectivity index is 2.99. The van der Waals surface area contributed by atoms with Gasteiger partial charge in [0.25, 0.3) is 5.91 Å². The van der Waals surface area contributed by atoms with Gasteiger partial charge >= 0.3 is 6.18 Å². The average molecular weight is 298 g/mol. The molecule has 7 heteroatoms. The van der Waals surface area contributed by atoms with Crippen LogP contribution in [0.25, 0.3) is 0 Å². The molecule has 0 heterocycles. The van der Waals surface area contributed by atoms with Crippen molar-refractivity contribution < 1.29 is 22.4 Å². The molecule has 0 aliphatic carbocycles. The van der Waals surface area contributed by atoms with Gasteiger partial charge in [0.2, 0.25) is 0 Å². The van der Waals surface area contributed by atoms with Crippen LogP contribution in [0.1, 0.15) is 29.3 Å². The van der Waals surface area contributed by atoms with E-state index in [1.807, 2.05) is 0 Å². The molecule has 1 amide bonds. The highest BCUT2D eigenvalue weighted by molar-refractivity contribution is 6.17. The maximum absolute atomic E-state index is 13.6. The second-order valence-electron chi connectivity index (χ2n) is 4.02. The molecule has 0 bridgehead atoms. The molecule has 1 unspecified atom stereocenters. The Kier molecular flexibility index (Phi) is 5.17. The van der Waals surface area contributed by atoms with Crippen LogP contribution >= 0.6 is 11.6 Å². The van der Waals surface area contributed by atoms with Crippen LogP contribution in [-0.2, 0) is 6.18 Å². The first-order valence-electron chi connectivity index (χ1n) is 5.50. The summed E-state index contributed by atoms with van der Waals surface area (Å²) in [6.45, 7) is 1.63. The van der Waals surface area contributed by atoms with Gasteiger partial charge in [-0.15, -0.1) is 11.6 Å². The Labute approximate surface area is 112 Å². The lowest BCUT2D eigenvalue weighted by atomic mass is 10.1. The lowest BCUT2D eigenvalue weighted by molar-refractivity contribution is -0.140. The molecule has 1 aromatic rings. The number of hydrogen-bond acceptors (Lipinski definition) is 1. The molecule has 0 radical (unpaired) electrons. The van der Waals surface area contributed by atoms with Gasteiger partial charge in [-0.05, 0) is 25.5 Å². The average Bonchev–Trinajstić information content (AvgIpc) is 2.27. The number of hydrogen-bond donors (Lipinski definition) is 1. The molecule has 0 aromatic heterocycles. The number of amides is 1. The highest BCUT2D eigenvalue weighted by Gasteiger charge is 2.35. The predicted molar refractivity (Wildman–Crippen MR) is 63.7 cm³/mol. The molecule has 1 atom stereocenters. The van der Waals surface area contributed by atoms with E-state index in [0.717, 1.165) is 12.1 Å². The molecule has 106 valence electrons. The molecular weight excluding hydrogens is 286 g/mol. The van der Waals surface area contributed by atoms with E-state index in [1.54, 1.807) is 6.92 Å². The molecule has 1 aromatic carbocycles. The van der Waals surface area contributed by atoms with E-state index in [9.17, 15) is 22.4 Å². The van der Waals surface area contributed by atoms with Gasteiger partial charge in [0.05, 0.1) is 11.1 Å². The van der Waals surface area contributed by atoms with Crippen molar-refractivity contribution in [3.63, 3.8) is 0 Å². The molecule has 0 aliphatic rings. The summed E-state index contributed by atoms with van der Waals surface area (Å²) in [5, 5.41) is 2.39. The number of benzene rings is 1. The lowest BCUT2D eigenvalue weighted by Gasteiger charge is -2.14. The van der Waals surface area contributed by atoms with Gasteiger partial charge in [-0.1, -0.05) is 6.07 Å². The highest BCUT2D eigenvalue weighted by atomic mass is 35.5. The van der Waals surface area contributed by atoms with Crippen molar-refractivity contribution >= 4 is 17.5 Å². The van der Waals surface area contributed by atoms with Crippen molar-refractivity contribution in [2.45, 2.75) is 25.6 Å². The zero-order chi connectivity index (χ0) is 14.6. The summed E-state index contributed by atoms with van der Waals surface area (Å²) in [5.74, 6) is -2.17. The Morgan fingerprint density at radius 2 is 2.05 bits per heavy atom. The molecule has 2 nitrogen and oxygen atoms in total. The molecule has 1 rings (SSSR count). The van der Waals surface area contributed by atoms with Crippen molar-refractivity contribution in [3.8, 4) is 0 Å². The van der Waals surface area contributed by atoms with Gasteiger partial charge in [-0.2, -0.15) is 13.2 Å². The second kappa shape index (κ2) is 6.23. The van der Waals surface area contributed by atoms with Gasteiger partial charge in [-0.3, -0.25) is 4.79 Å². The SMILES string of the molecule is CC(CCCl)NC(=O)c1cccc(C(F)(F)F)c1F. The third-order valence-corrected chi connectivity index (χ3v) is 2.69. The van der Waals surface area contributed by atoms with E-state index in [4.69, 9.17) is 11.6 Å². The van der Waals surface area contributed by atoms with Crippen LogP contribution in [-0.4, -0.2) is 17.8 Å². The van der Waals surface area contributed by atoms with E-state index in [2.05, 4.69) is 5.32 Å². The largest absolute Gasteiger partial charge is 0.419 e. The first-order chi connectivity index (χ1) is 8.77. The van der Waals surface area contributed by atoms with Gasteiger partial charge in [0, 0.05) is 11.9 Å². The Morgan fingerprint density at radius 3 is 2.58 bits per heavy atom. The third-order valence-electron chi connectivity index (χ3n) is 2.47. The first kappa shape index (κ1) is 15.8. The molecule has 0 aliphatic heterocycles. The van der Waals surface area contributed by atoms with Crippen LogP contribution in [0, 0.1) is 5.82 Å². The maximum atomic E-state index is 13.6. The molecule has 0 saturated heterocycles. The van der Waals surface area contributed by atoms with Gasteiger partial charge < -0.3 is 5.32 Å². The molecule has 0 saturated carbocycles. The molecule has 19 heavy (non-hydrogen) atoms. The van der Waals surface area contributed by atoms with Crippen molar-refractivity contribution in [2.75, 3.05) is 5.88 Å². The van der Waals surface area contributed by atoms with Crippen molar-refractivity contribution in [1.82, 2.24) is 5.32 Å². The summed E-state index contributed by atoms with van der Waals surface area (Å²) < 4.78 is 51.1. The minimum absolute atomic E-state index is 0.284. The summed E-state index contributed by atoms with van der Waals surface area (Å²) >= 11 is 5.47. The van der Waals surface area contributed by atoms with Crippen LogP contribution in [0.4, 0.5) is 17.6 Å². The number of alkyl halides is 4. The van der Waals surface area contributed by atoms with Gasteiger partial charge in [-0.25, -0.2) is 4.39 Å². The summed E-state index contributed by atoms with van der Waals surface area (Å²) in [6, 6.07) is 2.24. The van der Waals surface area contributed by atoms with E-state index in [0.29, 0.717) is 12.5 Å². The smallest absolute Gasteiger partial charge is 0.349 e. The van der Waals surface area contributed by atoms with Crippen molar-refractivity contribution in [2.24, 2.45) is 0 Å². The zero-order valence-electron chi connectivity index (χ0n) is 10.0. The quantitative estimate of drug-likeness (QED) is 0.668. The zero-order valence-corrected chi connectivity index (χ0v) is 10.8. The van der Waals surface area contributed by atoms with E-state index in [-0.39, 0.29) is 11.9 Å². The number of carbonyl (C=O) groups excluding carboxylic acids is 1. The van der Waals surface area contributed by atoms with Gasteiger partial charge in [0.1, 0.15) is 5.82 Å². The van der Waals surface area contributed by atoms with E-state index >= 15 is 0 Å². The number of nitrogens with one attached hydrogen (secondary N) is 1. The van der Waals surface area contributed by atoms with Gasteiger partial charge in [0.15, 0.2) is 0 Å². The third kappa shape index (κ3) is 4.09. The summed E-state index contributed by atoms with van der Waals surface area (Å²) in [7, 11) is 0. The fourth-order valence-corrected chi connectivity index (χ4v) is 1.79.